The third-order valence-electron chi connectivity index (χ3n) is 4.14. The molecule has 0 saturated heterocycles. The molecule has 7 heteroatoms. The molecule has 0 spiro atoms. The Hall–Kier alpha value is -3.22. The van der Waals surface area contributed by atoms with E-state index in [1.165, 1.54) is 25.1 Å². The number of hydrogen-bond donors (Lipinski definition) is 2. The average molecular weight is 355 g/mol. The van der Waals surface area contributed by atoms with Gasteiger partial charge in [-0.05, 0) is 48.4 Å². The highest BCUT2D eigenvalue weighted by molar-refractivity contribution is 6.00. The highest BCUT2D eigenvalue weighted by Gasteiger charge is 2.22. The Morgan fingerprint density at radius 2 is 1.96 bits per heavy atom. The van der Waals surface area contributed by atoms with E-state index in [0.717, 1.165) is 23.7 Å². The van der Waals surface area contributed by atoms with Crippen molar-refractivity contribution < 1.29 is 18.8 Å². The molecular weight excluding hydrogens is 337 g/mol. The minimum atomic E-state index is -0.522. The fraction of sp³-hybridized carbons (Fsp3) is 0.211. The summed E-state index contributed by atoms with van der Waals surface area (Å²) in [5.74, 6) is -1.44. The SMILES string of the molecule is CC(=O)N1CCc2cc(NC(=O)CNC(=O)c3cccc(F)c3)ccc21. The second kappa shape index (κ2) is 7.35. The molecule has 0 saturated carbocycles. The molecule has 26 heavy (non-hydrogen) atoms. The predicted octanol–water partition coefficient (Wildman–Crippen LogP) is 2.10. The largest absolute Gasteiger partial charge is 0.343 e. The number of nitrogens with zero attached hydrogens (tertiary/aromatic N) is 1. The number of carbonyl (C=O) groups excluding carboxylic acids is 3. The Kier molecular flexibility index (Phi) is 4.97. The van der Waals surface area contributed by atoms with Gasteiger partial charge in [-0.2, -0.15) is 0 Å². The highest BCUT2D eigenvalue weighted by atomic mass is 19.1. The van der Waals surface area contributed by atoms with E-state index in [9.17, 15) is 18.8 Å². The van der Waals surface area contributed by atoms with Gasteiger partial charge in [0.15, 0.2) is 0 Å². The number of nitrogens with one attached hydrogen (secondary N) is 2. The van der Waals surface area contributed by atoms with Crippen molar-refractivity contribution in [3.05, 3.63) is 59.4 Å². The minimum Gasteiger partial charge on any atom is -0.343 e. The zero-order valence-corrected chi connectivity index (χ0v) is 14.2. The third-order valence-corrected chi connectivity index (χ3v) is 4.14. The van der Waals surface area contributed by atoms with E-state index in [4.69, 9.17) is 0 Å². The summed E-state index contributed by atoms with van der Waals surface area (Å²) in [5, 5.41) is 5.15. The Morgan fingerprint density at radius 3 is 2.69 bits per heavy atom. The molecule has 3 amide bonds. The van der Waals surface area contributed by atoms with Gasteiger partial charge in [-0.1, -0.05) is 6.07 Å². The number of benzene rings is 2. The number of amides is 3. The maximum absolute atomic E-state index is 13.1. The summed E-state index contributed by atoms with van der Waals surface area (Å²) < 4.78 is 13.1. The lowest BCUT2D eigenvalue weighted by molar-refractivity contribution is -0.116. The first-order valence-corrected chi connectivity index (χ1v) is 8.18. The van der Waals surface area contributed by atoms with Gasteiger partial charge in [-0.25, -0.2) is 4.39 Å². The molecule has 3 rings (SSSR count). The first-order chi connectivity index (χ1) is 12.4. The quantitative estimate of drug-likeness (QED) is 0.882. The van der Waals surface area contributed by atoms with Crippen LogP contribution in [0.1, 0.15) is 22.8 Å². The van der Waals surface area contributed by atoms with Gasteiger partial charge in [0, 0.05) is 30.4 Å². The van der Waals surface area contributed by atoms with Crippen molar-refractivity contribution in [3.8, 4) is 0 Å². The summed E-state index contributed by atoms with van der Waals surface area (Å²) in [6.45, 7) is 1.92. The second-order valence-corrected chi connectivity index (χ2v) is 6.01. The molecule has 1 aliphatic heterocycles. The van der Waals surface area contributed by atoms with Crippen molar-refractivity contribution >= 4 is 29.1 Å². The maximum Gasteiger partial charge on any atom is 0.251 e. The molecule has 0 bridgehead atoms. The van der Waals surface area contributed by atoms with Crippen LogP contribution < -0.4 is 15.5 Å². The summed E-state index contributed by atoms with van der Waals surface area (Å²) >= 11 is 0. The lowest BCUT2D eigenvalue weighted by Crippen LogP contribution is -2.32. The van der Waals surface area contributed by atoms with Crippen molar-refractivity contribution in [1.82, 2.24) is 5.32 Å². The van der Waals surface area contributed by atoms with E-state index in [1.807, 2.05) is 6.07 Å². The Bertz CT molecular complexity index is 882. The molecule has 0 radical (unpaired) electrons. The number of rotatable bonds is 4. The third kappa shape index (κ3) is 3.88. The second-order valence-electron chi connectivity index (χ2n) is 6.01. The van der Waals surface area contributed by atoms with Crippen LogP contribution in [-0.4, -0.2) is 30.8 Å². The number of anilines is 2. The van der Waals surface area contributed by atoms with Crippen LogP contribution in [-0.2, 0) is 16.0 Å². The van der Waals surface area contributed by atoms with Crippen LogP contribution in [0.25, 0.3) is 0 Å². The van der Waals surface area contributed by atoms with E-state index in [1.54, 1.807) is 17.0 Å². The molecule has 1 heterocycles. The van der Waals surface area contributed by atoms with Crippen molar-refractivity contribution in [2.75, 3.05) is 23.3 Å². The topological polar surface area (TPSA) is 78.5 Å². The normalized spacial score (nSPS) is 12.5. The fourth-order valence-electron chi connectivity index (χ4n) is 2.90. The predicted molar refractivity (Wildman–Crippen MR) is 95.5 cm³/mol. The van der Waals surface area contributed by atoms with Crippen LogP contribution in [0.2, 0.25) is 0 Å². The highest BCUT2D eigenvalue weighted by Crippen LogP contribution is 2.30. The minimum absolute atomic E-state index is 0.0133. The van der Waals surface area contributed by atoms with Gasteiger partial charge in [0.1, 0.15) is 5.82 Å². The van der Waals surface area contributed by atoms with Crippen molar-refractivity contribution in [2.24, 2.45) is 0 Å². The first kappa shape index (κ1) is 17.6. The summed E-state index contributed by atoms with van der Waals surface area (Å²) in [5.41, 5.74) is 2.59. The Morgan fingerprint density at radius 1 is 1.15 bits per heavy atom. The molecule has 134 valence electrons. The molecule has 0 aliphatic carbocycles. The van der Waals surface area contributed by atoms with E-state index in [0.29, 0.717) is 12.2 Å². The maximum atomic E-state index is 13.1. The van der Waals surface area contributed by atoms with Gasteiger partial charge >= 0.3 is 0 Å². The summed E-state index contributed by atoms with van der Waals surface area (Å²) in [6, 6.07) is 10.6. The molecule has 6 nitrogen and oxygen atoms in total. The van der Waals surface area contributed by atoms with Crippen LogP contribution in [0.3, 0.4) is 0 Å². The molecule has 0 fully saturated rings. The van der Waals surface area contributed by atoms with Gasteiger partial charge in [-0.3, -0.25) is 14.4 Å². The lowest BCUT2D eigenvalue weighted by atomic mass is 10.1. The summed E-state index contributed by atoms with van der Waals surface area (Å²) in [6.07, 6.45) is 0.731. The molecule has 2 aromatic rings. The van der Waals surface area contributed by atoms with Gasteiger partial charge < -0.3 is 15.5 Å². The Labute approximate surface area is 150 Å². The number of carbonyl (C=O) groups is 3. The molecular formula is C19H18FN3O3. The number of hydrogen-bond acceptors (Lipinski definition) is 3. The number of halogens is 1. The van der Waals surface area contributed by atoms with Gasteiger partial charge in [-0.15, -0.1) is 0 Å². The summed E-state index contributed by atoms with van der Waals surface area (Å²) in [4.78, 5) is 37.2. The van der Waals surface area contributed by atoms with E-state index < -0.39 is 17.6 Å². The standard InChI is InChI=1S/C19H18FN3O3/c1-12(24)23-8-7-13-10-16(5-6-17(13)23)22-18(25)11-21-19(26)14-3-2-4-15(20)9-14/h2-6,9-10H,7-8,11H2,1H3,(H,21,26)(H,22,25). The molecule has 0 atom stereocenters. The first-order valence-electron chi connectivity index (χ1n) is 8.18. The van der Waals surface area contributed by atoms with Crippen LogP contribution in [0, 0.1) is 5.82 Å². The average Bonchev–Trinajstić information content (AvgIpc) is 3.03. The van der Waals surface area contributed by atoms with E-state index in [2.05, 4.69) is 10.6 Å². The lowest BCUT2D eigenvalue weighted by Gasteiger charge is -2.15. The zero-order chi connectivity index (χ0) is 18.7. The molecule has 2 N–H and O–H groups in total. The molecule has 0 unspecified atom stereocenters. The van der Waals surface area contributed by atoms with Gasteiger partial charge in [0.2, 0.25) is 11.8 Å². The smallest absolute Gasteiger partial charge is 0.251 e. The van der Waals surface area contributed by atoms with Crippen LogP contribution in [0.5, 0.6) is 0 Å². The van der Waals surface area contributed by atoms with Crippen molar-refractivity contribution in [2.45, 2.75) is 13.3 Å². The zero-order valence-electron chi connectivity index (χ0n) is 14.2. The van der Waals surface area contributed by atoms with Gasteiger partial charge in [0.25, 0.3) is 5.91 Å². The fourth-order valence-corrected chi connectivity index (χ4v) is 2.90. The summed E-state index contributed by atoms with van der Waals surface area (Å²) in [7, 11) is 0. The van der Waals surface area contributed by atoms with Crippen LogP contribution >= 0.6 is 0 Å². The van der Waals surface area contributed by atoms with Crippen LogP contribution in [0.15, 0.2) is 42.5 Å². The van der Waals surface area contributed by atoms with Crippen molar-refractivity contribution in [3.63, 3.8) is 0 Å². The van der Waals surface area contributed by atoms with Gasteiger partial charge in [0.05, 0.1) is 6.54 Å². The van der Waals surface area contributed by atoms with Crippen molar-refractivity contribution in [1.29, 1.82) is 0 Å². The van der Waals surface area contributed by atoms with Crippen LogP contribution in [0.4, 0.5) is 15.8 Å². The molecule has 2 aromatic carbocycles. The number of fused-ring (bicyclic) bond motifs is 1. The molecule has 0 aromatic heterocycles. The molecule has 1 aliphatic rings. The van der Waals surface area contributed by atoms with E-state index in [-0.39, 0.29) is 18.0 Å². The Balaban J connectivity index is 1.57. The monoisotopic (exact) mass is 355 g/mol. The van der Waals surface area contributed by atoms with E-state index >= 15 is 0 Å².